The first kappa shape index (κ1) is 13.1. The molecule has 2 rings (SSSR count). The minimum Gasteiger partial charge on any atom is -0.390 e. The van der Waals surface area contributed by atoms with Gasteiger partial charge in [0.2, 0.25) is 0 Å². The molecule has 98 valence electrons. The van der Waals surface area contributed by atoms with Crippen LogP contribution < -0.4 is 0 Å². The molecule has 3 nitrogen and oxygen atoms in total. The van der Waals surface area contributed by atoms with E-state index in [1.165, 1.54) is 10.9 Å². The number of aliphatic hydroxyl groups is 1. The lowest BCUT2D eigenvalue weighted by atomic mass is 10.2. The first-order valence-electron chi connectivity index (χ1n) is 6.68. The van der Waals surface area contributed by atoms with Crippen LogP contribution in [0, 0.1) is 0 Å². The Morgan fingerprint density at radius 1 is 1.17 bits per heavy atom. The van der Waals surface area contributed by atoms with Gasteiger partial charge in [-0.3, -0.25) is 0 Å². The topological polar surface area (TPSA) is 28.4 Å². The number of hydrogen-bond donors (Lipinski definition) is 1. The Morgan fingerprint density at radius 3 is 2.61 bits per heavy atom. The maximum atomic E-state index is 10.2. The molecule has 3 heteroatoms. The zero-order chi connectivity index (χ0) is 13.0. The summed E-state index contributed by atoms with van der Waals surface area (Å²) in [6, 6.07) is 10.4. The molecule has 0 spiro atoms. The Balaban J connectivity index is 2.04. The maximum Gasteiger partial charge on any atom is 0.0845 e. The molecule has 1 N–H and O–H groups in total. The van der Waals surface area contributed by atoms with Crippen molar-refractivity contribution in [1.29, 1.82) is 0 Å². The van der Waals surface area contributed by atoms with E-state index in [2.05, 4.69) is 47.7 Å². The number of nitrogens with zero attached hydrogens (tertiary/aromatic N) is 2. The van der Waals surface area contributed by atoms with Crippen molar-refractivity contribution >= 4 is 10.9 Å². The highest BCUT2D eigenvalue weighted by molar-refractivity contribution is 5.79. The fourth-order valence-electron chi connectivity index (χ4n) is 2.36. The third-order valence-corrected chi connectivity index (χ3v) is 3.45. The van der Waals surface area contributed by atoms with Crippen molar-refractivity contribution in [3.63, 3.8) is 0 Å². The fourth-order valence-corrected chi connectivity index (χ4v) is 2.36. The molecule has 1 aromatic heterocycles. The van der Waals surface area contributed by atoms with E-state index in [0.29, 0.717) is 6.54 Å². The molecule has 0 fully saturated rings. The molecule has 18 heavy (non-hydrogen) atoms. The van der Waals surface area contributed by atoms with Gasteiger partial charge >= 0.3 is 0 Å². The van der Waals surface area contributed by atoms with Crippen molar-refractivity contribution in [1.82, 2.24) is 9.47 Å². The number of benzene rings is 1. The summed E-state index contributed by atoms with van der Waals surface area (Å²) in [5.74, 6) is 0. The molecule has 0 aliphatic rings. The summed E-state index contributed by atoms with van der Waals surface area (Å²) in [5.41, 5.74) is 1.19. The van der Waals surface area contributed by atoms with Crippen LogP contribution in [0.5, 0.6) is 0 Å². The summed E-state index contributed by atoms with van der Waals surface area (Å²) in [6.07, 6.45) is 1.73. The normalized spacial score (nSPS) is 13.3. The van der Waals surface area contributed by atoms with E-state index in [1.807, 2.05) is 12.1 Å². The summed E-state index contributed by atoms with van der Waals surface area (Å²) in [5, 5.41) is 11.4. The lowest BCUT2D eigenvalue weighted by molar-refractivity contribution is 0.104. The van der Waals surface area contributed by atoms with E-state index >= 15 is 0 Å². The minimum absolute atomic E-state index is 0.319. The molecule has 0 aliphatic heterocycles. The standard InChI is InChI=1S/C15H22N2O/c1-3-16(4-2)11-14(18)12-17-10-9-13-7-5-6-8-15(13)17/h5-10,14,18H,3-4,11-12H2,1-2H3/t14-/m1/s1. The zero-order valence-corrected chi connectivity index (χ0v) is 11.2. The molecular weight excluding hydrogens is 224 g/mol. The molecule has 0 amide bonds. The van der Waals surface area contributed by atoms with Crippen molar-refractivity contribution < 1.29 is 5.11 Å². The quantitative estimate of drug-likeness (QED) is 0.847. The van der Waals surface area contributed by atoms with Gasteiger partial charge in [0, 0.05) is 24.8 Å². The molecule has 1 atom stereocenters. The number of aliphatic hydroxyl groups excluding tert-OH is 1. The van der Waals surface area contributed by atoms with Crippen molar-refractivity contribution in [3.8, 4) is 0 Å². The monoisotopic (exact) mass is 246 g/mol. The van der Waals surface area contributed by atoms with Crippen molar-refractivity contribution in [2.24, 2.45) is 0 Å². The van der Waals surface area contributed by atoms with Gasteiger partial charge in [-0.1, -0.05) is 32.0 Å². The molecule has 0 aliphatic carbocycles. The summed E-state index contributed by atoms with van der Waals surface area (Å²) >= 11 is 0. The first-order valence-corrected chi connectivity index (χ1v) is 6.68. The van der Waals surface area contributed by atoms with Crippen molar-refractivity contribution in [3.05, 3.63) is 36.5 Å². The van der Waals surface area contributed by atoms with Gasteiger partial charge in [-0.2, -0.15) is 0 Å². The molecular formula is C15H22N2O. The number of rotatable bonds is 6. The van der Waals surface area contributed by atoms with E-state index in [4.69, 9.17) is 0 Å². The summed E-state index contributed by atoms with van der Waals surface area (Å²) in [6.45, 7) is 7.62. The van der Waals surface area contributed by atoms with Gasteiger partial charge in [-0.05, 0) is 30.6 Å². The lowest BCUT2D eigenvalue weighted by Gasteiger charge is -2.22. The van der Waals surface area contributed by atoms with E-state index in [-0.39, 0.29) is 6.10 Å². The molecule has 1 heterocycles. The number of likely N-dealkylation sites (N-methyl/N-ethyl adjacent to an activating group) is 1. The Morgan fingerprint density at radius 2 is 1.89 bits per heavy atom. The smallest absolute Gasteiger partial charge is 0.0845 e. The lowest BCUT2D eigenvalue weighted by Crippen LogP contribution is -2.34. The Labute approximate surface area is 109 Å². The third kappa shape index (κ3) is 2.92. The van der Waals surface area contributed by atoms with Crippen molar-refractivity contribution in [2.75, 3.05) is 19.6 Å². The van der Waals surface area contributed by atoms with Gasteiger partial charge < -0.3 is 14.6 Å². The molecule has 0 unspecified atom stereocenters. The highest BCUT2D eigenvalue weighted by Gasteiger charge is 2.10. The summed E-state index contributed by atoms with van der Waals surface area (Å²) < 4.78 is 2.13. The van der Waals surface area contributed by atoms with E-state index in [9.17, 15) is 5.11 Å². The van der Waals surface area contributed by atoms with Crippen LogP contribution in [0.2, 0.25) is 0 Å². The largest absolute Gasteiger partial charge is 0.390 e. The molecule has 0 bridgehead atoms. The summed E-state index contributed by atoms with van der Waals surface area (Å²) in [7, 11) is 0. The van der Waals surface area contributed by atoms with Crippen LogP contribution >= 0.6 is 0 Å². The molecule has 0 saturated carbocycles. The maximum absolute atomic E-state index is 10.2. The predicted molar refractivity (Wildman–Crippen MR) is 75.7 cm³/mol. The van der Waals surface area contributed by atoms with Crippen LogP contribution in [-0.2, 0) is 6.54 Å². The van der Waals surface area contributed by atoms with Crippen LogP contribution in [-0.4, -0.2) is 40.3 Å². The van der Waals surface area contributed by atoms with Gasteiger partial charge in [0.15, 0.2) is 0 Å². The molecule has 0 saturated heterocycles. The third-order valence-electron chi connectivity index (χ3n) is 3.45. The van der Waals surface area contributed by atoms with Gasteiger partial charge in [0.05, 0.1) is 6.10 Å². The van der Waals surface area contributed by atoms with Gasteiger partial charge in [0.25, 0.3) is 0 Å². The molecule has 1 aromatic carbocycles. The number of fused-ring (bicyclic) bond motifs is 1. The second kappa shape index (κ2) is 6.03. The summed E-state index contributed by atoms with van der Waals surface area (Å²) in [4.78, 5) is 2.25. The second-order valence-corrected chi connectivity index (χ2v) is 4.67. The fraction of sp³-hybridized carbons (Fsp3) is 0.467. The van der Waals surface area contributed by atoms with Crippen LogP contribution in [0.15, 0.2) is 36.5 Å². The van der Waals surface area contributed by atoms with E-state index in [0.717, 1.165) is 19.6 Å². The number of aromatic nitrogens is 1. The average Bonchev–Trinajstić information content (AvgIpc) is 2.79. The Bertz CT molecular complexity index is 488. The average molecular weight is 246 g/mol. The Kier molecular flexibility index (Phi) is 4.39. The second-order valence-electron chi connectivity index (χ2n) is 4.67. The minimum atomic E-state index is -0.319. The first-order chi connectivity index (χ1) is 8.74. The highest BCUT2D eigenvalue weighted by atomic mass is 16.3. The van der Waals surface area contributed by atoms with Crippen LogP contribution in [0.3, 0.4) is 0 Å². The van der Waals surface area contributed by atoms with E-state index in [1.54, 1.807) is 0 Å². The van der Waals surface area contributed by atoms with Crippen LogP contribution in [0.1, 0.15) is 13.8 Å². The van der Waals surface area contributed by atoms with Gasteiger partial charge in [-0.15, -0.1) is 0 Å². The van der Waals surface area contributed by atoms with Gasteiger partial charge in [-0.25, -0.2) is 0 Å². The predicted octanol–water partition coefficient (Wildman–Crippen LogP) is 2.34. The van der Waals surface area contributed by atoms with E-state index < -0.39 is 0 Å². The number of hydrogen-bond acceptors (Lipinski definition) is 2. The SMILES string of the molecule is CCN(CC)C[C@@H](O)Cn1ccc2ccccc21. The molecule has 2 aromatic rings. The Hall–Kier alpha value is -1.32. The molecule has 0 radical (unpaired) electrons. The van der Waals surface area contributed by atoms with Crippen LogP contribution in [0.4, 0.5) is 0 Å². The van der Waals surface area contributed by atoms with Crippen molar-refractivity contribution in [2.45, 2.75) is 26.5 Å². The van der Waals surface area contributed by atoms with Crippen LogP contribution in [0.25, 0.3) is 10.9 Å². The number of para-hydroxylation sites is 1. The van der Waals surface area contributed by atoms with Gasteiger partial charge in [0.1, 0.15) is 0 Å². The highest BCUT2D eigenvalue weighted by Crippen LogP contribution is 2.15. The zero-order valence-electron chi connectivity index (χ0n) is 11.2.